The molecule has 0 radical (unpaired) electrons. The normalized spacial score (nSPS) is 25.2. The lowest BCUT2D eigenvalue weighted by Crippen LogP contribution is -2.38. The van der Waals surface area contributed by atoms with Gasteiger partial charge in [-0.2, -0.15) is 0 Å². The lowest BCUT2D eigenvalue weighted by molar-refractivity contribution is 0.208. The number of aromatic nitrogens is 2. The van der Waals surface area contributed by atoms with Crippen molar-refractivity contribution >= 4 is 5.82 Å². The summed E-state index contributed by atoms with van der Waals surface area (Å²) in [5, 5.41) is 9.43. The number of nitrogens with zero attached hydrogens (tertiary/aromatic N) is 4. The number of aliphatic hydroxyl groups is 1. The largest absolute Gasteiger partial charge is 0.396 e. The molecule has 116 valence electrons. The van der Waals surface area contributed by atoms with Crippen LogP contribution in [-0.4, -0.2) is 59.8 Å². The van der Waals surface area contributed by atoms with E-state index in [2.05, 4.69) is 26.8 Å². The van der Waals surface area contributed by atoms with Gasteiger partial charge < -0.3 is 14.9 Å². The van der Waals surface area contributed by atoms with Crippen LogP contribution in [0.15, 0.2) is 12.4 Å². The molecule has 21 heavy (non-hydrogen) atoms. The molecule has 0 unspecified atom stereocenters. The highest BCUT2D eigenvalue weighted by Gasteiger charge is 2.27. The molecule has 2 fully saturated rings. The molecule has 2 aliphatic rings. The average Bonchev–Trinajstić information content (AvgIpc) is 2.56. The summed E-state index contributed by atoms with van der Waals surface area (Å²) < 4.78 is 0. The molecule has 5 heteroatoms. The van der Waals surface area contributed by atoms with Crippen molar-refractivity contribution in [1.29, 1.82) is 0 Å². The minimum atomic E-state index is 0.278. The number of hydrogen-bond donors (Lipinski definition) is 1. The van der Waals surface area contributed by atoms with Crippen LogP contribution in [0, 0.1) is 5.92 Å². The van der Waals surface area contributed by atoms with Gasteiger partial charge in [0.1, 0.15) is 0 Å². The van der Waals surface area contributed by atoms with Crippen molar-refractivity contribution in [2.45, 2.75) is 31.6 Å². The van der Waals surface area contributed by atoms with E-state index in [0.717, 1.165) is 44.8 Å². The molecular weight excluding hydrogens is 264 g/mol. The number of hydrogen-bond acceptors (Lipinski definition) is 5. The number of likely N-dealkylation sites (tertiary alicyclic amines) is 1. The van der Waals surface area contributed by atoms with Gasteiger partial charge in [-0.25, -0.2) is 4.98 Å². The van der Waals surface area contributed by atoms with Gasteiger partial charge >= 0.3 is 0 Å². The minimum absolute atomic E-state index is 0.278. The maximum atomic E-state index is 9.43. The molecule has 1 aromatic heterocycles. The summed E-state index contributed by atoms with van der Waals surface area (Å²) in [6.45, 7) is 4.50. The van der Waals surface area contributed by atoms with Crippen molar-refractivity contribution in [3.63, 3.8) is 0 Å². The lowest BCUT2D eigenvalue weighted by atomic mass is 9.92. The summed E-state index contributed by atoms with van der Waals surface area (Å²) in [4.78, 5) is 14.0. The van der Waals surface area contributed by atoms with Crippen LogP contribution in [0.2, 0.25) is 0 Å². The number of anilines is 1. The van der Waals surface area contributed by atoms with Crippen LogP contribution in [0.1, 0.15) is 37.3 Å². The lowest BCUT2D eigenvalue weighted by Gasteiger charge is -2.35. The highest BCUT2D eigenvalue weighted by atomic mass is 16.3. The summed E-state index contributed by atoms with van der Waals surface area (Å²) in [7, 11) is 2.18. The molecule has 0 saturated carbocycles. The van der Waals surface area contributed by atoms with Crippen LogP contribution in [0.5, 0.6) is 0 Å². The number of piperidine rings is 2. The Labute approximate surface area is 127 Å². The van der Waals surface area contributed by atoms with E-state index in [1.165, 1.54) is 18.5 Å². The van der Waals surface area contributed by atoms with Gasteiger partial charge in [0.25, 0.3) is 0 Å². The zero-order chi connectivity index (χ0) is 14.7. The third-order valence-corrected chi connectivity index (χ3v) is 4.89. The van der Waals surface area contributed by atoms with Crippen LogP contribution in [0.4, 0.5) is 5.82 Å². The Kier molecular flexibility index (Phi) is 4.70. The Morgan fingerprint density at radius 3 is 2.67 bits per heavy atom. The fraction of sp³-hybridized carbons (Fsp3) is 0.750. The molecule has 0 aromatic carbocycles. The van der Waals surface area contributed by atoms with Crippen LogP contribution in [-0.2, 0) is 0 Å². The minimum Gasteiger partial charge on any atom is -0.396 e. The highest BCUT2D eigenvalue weighted by Crippen LogP contribution is 2.33. The molecule has 0 amide bonds. The van der Waals surface area contributed by atoms with E-state index in [1.807, 2.05) is 6.20 Å². The maximum absolute atomic E-state index is 9.43. The molecule has 2 saturated heterocycles. The topological polar surface area (TPSA) is 52.5 Å². The Balaban J connectivity index is 1.79. The van der Waals surface area contributed by atoms with Crippen LogP contribution < -0.4 is 4.90 Å². The quantitative estimate of drug-likeness (QED) is 0.914. The van der Waals surface area contributed by atoms with E-state index in [-0.39, 0.29) is 6.61 Å². The average molecular weight is 290 g/mol. The summed E-state index contributed by atoms with van der Waals surface area (Å²) in [5.41, 5.74) is 1.17. The standard InChI is InChI=1S/C16H26N4O/c1-19-9-4-14(5-10-19)15-16(18-7-6-17-15)20-8-2-3-13(11-20)12-21/h6-7,13-14,21H,2-5,8-12H2,1H3/t13-/m0/s1. The summed E-state index contributed by atoms with van der Waals surface area (Å²) in [5.74, 6) is 1.97. The molecule has 3 rings (SSSR count). The zero-order valence-corrected chi connectivity index (χ0v) is 12.9. The van der Waals surface area contributed by atoms with E-state index in [0.29, 0.717) is 11.8 Å². The molecule has 2 aliphatic heterocycles. The van der Waals surface area contributed by atoms with E-state index in [4.69, 9.17) is 0 Å². The molecule has 0 aliphatic carbocycles. The molecule has 1 aromatic rings. The molecule has 1 atom stereocenters. The van der Waals surface area contributed by atoms with Crippen molar-refractivity contribution in [3.05, 3.63) is 18.1 Å². The molecule has 0 spiro atoms. The van der Waals surface area contributed by atoms with Crippen LogP contribution >= 0.6 is 0 Å². The first-order valence-electron chi connectivity index (χ1n) is 8.13. The Morgan fingerprint density at radius 1 is 1.14 bits per heavy atom. The Bertz CT molecular complexity index is 459. The molecular formula is C16H26N4O. The van der Waals surface area contributed by atoms with Crippen molar-refractivity contribution in [1.82, 2.24) is 14.9 Å². The second kappa shape index (κ2) is 6.71. The molecule has 5 nitrogen and oxygen atoms in total. The third-order valence-electron chi connectivity index (χ3n) is 4.89. The van der Waals surface area contributed by atoms with Crippen molar-refractivity contribution in [2.24, 2.45) is 5.92 Å². The van der Waals surface area contributed by atoms with E-state index < -0.39 is 0 Å². The predicted octanol–water partition coefficient (Wildman–Crippen LogP) is 1.49. The molecule has 3 heterocycles. The predicted molar refractivity (Wildman–Crippen MR) is 83.5 cm³/mol. The fourth-order valence-corrected chi connectivity index (χ4v) is 3.56. The van der Waals surface area contributed by atoms with Crippen molar-refractivity contribution < 1.29 is 5.11 Å². The van der Waals surface area contributed by atoms with Crippen LogP contribution in [0.25, 0.3) is 0 Å². The van der Waals surface area contributed by atoms with E-state index >= 15 is 0 Å². The second-order valence-corrected chi connectivity index (χ2v) is 6.48. The van der Waals surface area contributed by atoms with Gasteiger partial charge in [0.2, 0.25) is 0 Å². The maximum Gasteiger partial charge on any atom is 0.150 e. The van der Waals surface area contributed by atoms with Gasteiger partial charge in [0, 0.05) is 38.0 Å². The van der Waals surface area contributed by atoms with Gasteiger partial charge in [-0.3, -0.25) is 4.98 Å². The second-order valence-electron chi connectivity index (χ2n) is 6.48. The van der Waals surface area contributed by atoms with Gasteiger partial charge in [-0.05, 0) is 51.7 Å². The van der Waals surface area contributed by atoms with Crippen LogP contribution in [0.3, 0.4) is 0 Å². The summed E-state index contributed by atoms with van der Waals surface area (Å²) in [6.07, 6.45) is 8.21. The first kappa shape index (κ1) is 14.7. The van der Waals surface area contributed by atoms with Crippen molar-refractivity contribution in [2.75, 3.05) is 44.7 Å². The first-order chi connectivity index (χ1) is 10.3. The summed E-state index contributed by atoms with van der Waals surface area (Å²) >= 11 is 0. The Hall–Kier alpha value is -1.20. The van der Waals surface area contributed by atoms with Gasteiger partial charge in [-0.1, -0.05) is 0 Å². The highest BCUT2D eigenvalue weighted by molar-refractivity contribution is 5.45. The number of aliphatic hydroxyl groups excluding tert-OH is 1. The van der Waals surface area contributed by atoms with E-state index in [9.17, 15) is 5.11 Å². The van der Waals surface area contributed by atoms with Gasteiger partial charge in [-0.15, -0.1) is 0 Å². The first-order valence-corrected chi connectivity index (χ1v) is 8.13. The smallest absolute Gasteiger partial charge is 0.150 e. The van der Waals surface area contributed by atoms with Crippen molar-refractivity contribution in [3.8, 4) is 0 Å². The SMILES string of the molecule is CN1CCC(c2nccnc2N2CCC[C@H](CO)C2)CC1. The zero-order valence-electron chi connectivity index (χ0n) is 12.9. The molecule has 1 N–H and O–H groups in total. The Morgan fingerprint density at radius 2 is 1.90 bits per heavy atom. The van der Waals surface area contributed by atoms with Gasteiger partial charge in [0.15, 0.2) is 5.82 Å². The molecule has 0 bridgehead atoms. The number of rotatable bonds is 3. The summed E-state index contributed by atoms with van der Waals surface area (Å²) in [6, 6.07) is 0. The monoisotopic (exact) mass is 290 g/mol. The fourth-order valence-electron chi connectivity index (χ4n) is 3.56. The van der Waals surface area contributed by atoms with E-state index in [1.54, 1.807) is 6.20 Å². The van der Waals surface area contributed by atoms with Gasteiger partial charge in [0.05, 0.1) is 5.69 Å². The third kappa shape index (κ3) is 3.35.